The molecule has 1 aromatic carbocycles. The Kier molecular flexibility index (Phi) is 3.73. The topological polar surface area (TPSA) is 3.24 Å². The molecule has 1 aliphatic rings. The molecule has 0 radical (unpaired) electrons. The van der Waals surface area contributed by atoms with Gasteiger partial charge in [-0.3, -0.25) is 4.90 Å². The largest absolute Gasteiger partial charge is 0.292 e. The minimum absolute atomic E-state index is 0.0877. The van der Waals surface area contributed by atoms with Gasteiger partial charge in [0.1, 0.15) is 5.83 Å². The first kappa shape index (κ1) is 11.3. The molecular weight excluding hydrogens is 201 g/mol. The van der Waals surface area contributed by atoms with E-state index in [0.29, 0.717) is 6.54 Å². The van der Waals surface area contributed by atoms with Crippen LogP contribution < -0.4 is 0 Å². The number of rotatable bonds is 3. The average Bonchev–Trinajstić information content (AvgIpc) is 2.31. The van der Waals surface area contributed by atoms with Gasteiger partial charge in [-0.25, -0.2) is 4.39 Å². The molecule has 0 atom stereocenters. The Labute approximate surface area is 96.6 Å². The van der Waals surface area contributed by atoms with Crippen molar-refractivity contribution >= 4 is 0 Å². The summed E-state index contributed by atoms with van der Waals surface area (Å²) >= 11 is 0. The highest BCUT2D eigenvalue weighted by Gasteiger charge is 2.17. The summed E-state index contributed by atoms with van der Waals surface area (Å²) in [5, 5.41) is 0. The van der Waals surface area contributed by atoms with Crippen LogP contribution >= 0.6 is 0 Å². The van der Waals surface area contributed by atoms with Gasteiger partial charge in [-0.05, 0) is 24.0 Å². The Morgan fingerprint density at radius 1 is 1.25 bits per heavy atom. The zero-order valence-electron chi connectivity index (χ0n) is 9.75. The van der Waals surface area contributed by atoms with Crippen LogP contribution in [0.25, 0.3) is 0 Å². The highest BCUT2D eigenvalue weighted by atomic mass is 19.1. The van der Waals surface area contributed by atoms with E-state index in [9.17, 15) is 4.39 Å². The molecule has 1 heterocycles. The third-order valence-electron chi connectivity index (χ3n) is 3.15. The lowest BCUT2D eigenvalue weighted by atomic mass is 10.0. The Balaban J connectivity index is 1.97. The first-order valence-electron chi connectivity index (χ1n) is 5.92. The van der Waals surface area contributed by atoms with Crippen LogP contribution in [-0.4, -0.2) is 18.0 Å². The van der Waals surface area contributed by atoms with Crippen molar-refractivity contribution in [2.45, 2.75) is 26.3 Å². The monoisotopic (exact) mass is 219 g/mol. The van der Waals surface area contributed by atoms with Gasteiger partial charge in [0.05, 0.1) is 6.54 Å². The predicted molar refractivity (Wildman–Crippen MR) is 64.8 cm³/mol. The number of nitrogens with zero attached hydrogens (tertiary/aromatic N) is 1. The fraction of sp³-hybridized carbons (Fsp3) is 0.429. The van der Waals surface area contributed by atoms with Gasteiger partial charge in [0.15, 0.2) is 0 Å². The number of benzene rings is 1. The van der Waals surface area contributed by atoms with Gasteiger partial charge in [-0.2, -0.15) is 0 Å². The highest BCUT2D eigenvalue weighted by Crippen LogP contribution is 2.22. The molecule has 2 rings (SSSR count). The van der Waals surface area contributed by atoms with Crippen molar-refractivity contribution in [1.29, 1.82) is 0 Å². The molecule has 0 unspecified atom stereocenters. The second kappa shape index (κ2) is 5.26. The maximum atomic E-state index is 13.6. The van der Waals surface area contributed by atoms with Crippen molar-refractivity contribution in [2.24, 2.45) is 0 Å². The van der Waals surface area contributed by atoms with Crippen LogP contribution in [0.4, 0.5) is 4.39 Å². The summed E-state index contributed by atoms with van der Waals surface area (Å²) in [6.07, 6.45) is 1.74. The molecule has 0 aromatic heterocycles. The molecule has 1 aliphatic heterocycles. The van der Waals surface area contributed by atoms with E-state index < -0.39 is 0 Å². The van der Waals surface area contributed by atoms with Gasteiger partial charge in [-0.15, -0.1) is 0 Å². The van der Waals surface area contributed by atoms with E-state index in [4.69, 9.17) is 0 Å². The van der Waals surface area contributed by atoms with Gasteiger partial charge in [0.2, 0.25) is 0 Å². The lowest BCUT2D eigenvalue weighted by Gasteiger charge is -2.27. The van der Waals surface area contributed by atoms with E-state index in [1.807, 2.05) is 25.1 Å². The molecule has 0 fully saturated rings. The normalized spacial score (nSPS) is 17.9. The number of halogens is 1. The molecule has 1 nitrogen and oxygen atoms in total. The van der Waals surface area contributed by atoms with E-state index in [-0.39, 0.29) is 5.83 Å². The van der Waals surface area contributed by atoms with Crippen LogP contribution in [0.5, 0.6) is 0 Å². The molecule has 2 heteroatoms. The van der Waals surface area contributed by atoms with Gasteiger partial charge in [0.25, 0.3) is 0 Å². The van der Waals surface area contributed by atoms with Crippen molar-refractivity contribution in [3.8, 4) is 0 Å². The maximum Gasteiger partial charge on any atom is 0.113 e. The summed E-state index contributed by atoms with van der Waals surface area (Å²) in [5.41, 5.74) is 2.26. The van der Waals surface area contributed by atoms with Crippen LogP contribution in [-0.2, 0) is 6.54 Å². The first-order valence-corrected chi connectivity index (χ1v) is 5.92. The van der Waals surface area contributed by atoms with Gasteiger partial charge < -0.3 is 0 Å². The third kappa shape index (κ3) is 2.70. The van der Waals surface area contributed by atoms with Crippen LogP contribution in [0.1, 0.15) is 25.3 Å². The SMILES string of the molecule is CCC1=C(F)CN(Cc2ccccc2)CC1. The minimum atomic E-state index is 0.0877. The quantitative estimate of drug-likeness (QED) is 0.751. The van der Waals surface area contributed by atoms with E-state index in [0.717, 1.165) is 31.5 Å². The van der Waals surface area contributed by atoms with Gasteiger partial charge >= 0.3 is 0 Å². The lowest BCUT2D eigenvalue weighted by Crippen LogP contribution is -2.30. The standard InChI is InChI=1S/C14H18FN/c1-2-13-8-9-16(11-14(13)15)10-12-6-4-3-5-7-12/h3-7H,2,8-11H2,1H3. The maximum absolute atomic E-state index is 13.6. The van der Waals surface area contributed by atoms with Crippen molar-refractivity contribution in [1.82, 2.24) is 4.90 Å². The smallest absolute Gasteiger partial charge is 0.113 e. The average molecular weight is 219 g/mol. The predicted octanol–water partition coefficient (Wildman–Crippen LogP) is 3.53. The zero-order valence-corrected chi connectivity index (χ0v) is 9.75. The van der Waals surface area contributed by atoms with E-state index in [2.05, 4.69) is 17.0 Å². The molecule has 0 bridgehead atoms. The number of hydrogen-bond acceptors (Lipinski definition) is 1. The molecule has 86 valence electrons. The molecule has 0 aliphatic carbocycles. The molecule has 0 spiro atoms. The van der Waals surface area contributed by atoms with Crippen molar-refractivity contribution in [2.75, 3.05) is 13.1 Å². The summed E-state index contributed by atoms with van der Waals surface area (Å²) in [4.78, 5) is 2.17. The summed E-state index contributed by atoms with van der Waals surface area (Å²) in [6.45, 7) is 4.34. The van der Waals surface area contributed by atoms with Crippen LogP contribution in [0, 0.1) is 0 Å². The van der Waals surface area contributed by atoms with E-state index in [1.165, 1.54) is 5.56 Å². The van der Waals surface area contributed by atoms with Crippen molar-refractivity contribution in [3.05, 3.63) is 47.3 Å². The second-order valence-electron chi connectivity index (χ2n) is 4.31. The van der Waals surface area contributed by atoms with Crippen LogP contribution in [0.15, 0.2) is 41.7 Å². The van der Waals surface area contributed by atoms with Crippen molar-refractivity contribution < 1.29 is 4.39 Å². The molecule has 0 N–H and O–H groups in total. The Morgan fingerprint density at radius 3 is 2.62 bits per heavy atom. The van der Waals surface area contributed by atoms with Crippen LogP contribution in [0.3, 0.4) is 0 Å². The zero-order chi connectivity index (χ0) is 11.4. The Bertz CT molecular complexity index is 370. The third-order valence-corrected chi connectivity index (χ3v) is 3.15. The van der Waals surface area contributed by atoms with Crippen molar-refractivity contribution in [3.63, 3.8) is 0 Å². The lowest BCUT2D eigenvalue weighted by molar-refractivity contribution is 0.251. The second-order valence-corrected chi connectivity index (χ2v) is 4.31. The molecule has 0 saturated heterocycles. The molecular formula is C14H18FN. The summed E-state index contributed by atoms with van der Waals surface area (Å²) in [7, 11) is 0. The number of hydrogen-bond donors (Lipinski definition) is 0. The fourth-order valence-corrected chi connectivity index (χ4v) is 2.16. The molecule has 1 aromatic rings. The summed E-state index contributed by atoms with van der Waals surface area (Å²) in [5.74, 6) is 0.0877. The highest BCUT2D eigenvalue weighted by molar-refractivity contribution is 5.17. The first-order chi connectivity index (χ1) is 7.79. The van der Waals surface area contributed by atoms with E-state index in [1.54, 1.807) is 0 Å². The van der Waals surface area contributed by atoms with Crippen LogP contribution in [0.2, 0.25) is 0 Å². The molecule has 0 saturated carbocycles. The molecule has 16 heavy (non-hydrogen) atoms. The summed E-state index contributed by atoms with van der Waals surface area (Å²) in [6, 6.07) is 10.3. The summed E-state index contributed by atoms with van der Waals surface area (Å²) < 4.78 is 13.6. The molecule has 0 amide bonds. The van der Waals surface area contributed by atoms with E-state index >= 15 is 0 Å². The Hall–Kier alpha value is -1.15. The van der Waals surface area contributed by atoms with Gasteiger partial charge in [-0.1, -0.05) is 37.3 Å². The Morgan fingerprint density at radius 2 is 2.00 bits per heavy atom. The van der Waals surface area contributed by atoms with Gasteiger partial charge in [0, 0.05) is 13.1 Å². The minimum Gasteiger partial charge on any atom is -0.292 e. The fourth-order valence-electron chi connectivity index (χ4n) is 2.16.